The fraction of sp³-hybridized carbons (Fsp3) is 0.214. The molecule has 0 unspecified atom stereocenters. The largest absolute Gasteiger partial charge is 0.493 e. The van der Waals surface area contributed by atoms with Crippen LogP contribution in [0.3, 0.4) is 0 Å². The van der Waals surface area contributed by atoms with Crippen LogP contribution < -0.4 is 9.47 Å². The van der Waals surface area contributed by atoms with Crippen molar-refractivity contribution in [2.45, 2.75) is 10.1 Å². The van der Waals surface area contributed by atoms with Crippen molar-refractivity contribution < 1.29 is 9.47 Å². The van der Waals surface area contributed by atoms with Crippen molar-refractivity contribution in [1.29, 1.82) is 0 Å². The lowest BCUT2D eigenvalue weighted by Crippen LogP contribution is -1.93. The first-order chi connectivity index (χ1) is 10.8. The first-order valence-electron chi connectivity index (χ1n) is 6.36. The van der Waals surface area contributed by atoms with Gasteiger partial charge in [-0.2, -0.15) is 0 Å². The molecule has 114 valence electrons. The molecule has 0 atom stereocenters. The first kappa shape index (κ1) is 15.3. The molecule has 8 heteroatoms. The van der Waals surface area contributed by atoms with E-state index >= 15 is 0 Å². The van der Waals surface area contributed by atoms with Gasteiger partial charge in [-0.25, -0.2) is 4.98 Å². The Morgan fingerprint density at radius 3 is 2.82 bits per heavy atom. The zero-order valence-electron chi connectivity index (χ0n) is 12.0. The third-order valence-electron chi connectivity index (χ3n) is 2.87. The molecule has 0 fully saturated rings. The molecule has 2 aromatic heterocycles. The van der Waals surface area contributed by atoms with Gasteiger partial charge in [0.05, 0.1) is 25.5 Å². The van der Waals surface area contributed by atoms with Crippen LogP contribution in [0.2, 0.25) is 0 Å². The van der Waals surface area contributed by atoms with Crippen molar-refractivity contribution >= 4 is 34.4 Å². The molecule has 0 bridgehead atoms. The van der Waals surface area contributed by atoms with Gasteiger partial charge >= 0.3 is 0 Å². The number of methoxy groups -OCH3 is 2. The fourth-order valence-electron chi connectivity index (χ4n) is 1.91. The number of aromatic nitrogens is 3. The molecule has 22 heavy (non-hydrogen) atoms. The van der Waals surface area contributed by atoms with Crippen molar-refractivity contribution in [2.75, 3.05) is 14.2 Å². The zero-order chi connectivity index (χ0) is 15.4. The average Bonchev–Trinajstić information content (AvgIpc) is 3.23. The summed E-state index contributed by atoms with van der Waals surface area (Å²) >= 11 is 4.77. The summed E-state index contributed by atoms with van der Waals surface area (Å²) in [5.74, 6) is 2.19. The van der Waals surface area contributed by atoms with Crippen molar-refractivity contribution in [1.82, 2.24) is 15.2 Å². The van der Waals surface area contributed by atoms with Gasteiger partial charge in [0.15, 0.2) is 15.8 Å². The normalized spacial score (nSPS) is 10.6. The van der Waals surface area contributed by atoms with Crippen LogP contribution in [0.15, 0.2) is 33.4 Å². The molecular weight excluding hydrogens is 338 g/mol. The lowest BCUT2D eigenvalue weighted by Gasteiger charge is -2.10. The standard InChI is InChI=1S/C14H13N3O2S3/c1-18-11-5-3-4-10(12(11)19-2)13-16-9(6-20-13)7-21-14-17-15-8-22-14/h3-6,8H,7H2,1-2H3. The molecular formula is C14H13N3O2S3. The number of ether oxygens (including phenoxy) is 2. The predicted molar refractivity (Wildman–Crippen MR) is 90.1 cm³/mol. The molecule has 0 radical (unpaired) electrons. The molecule has 0 aliphatic heterocycles. The number of nitrogens with zero attached hydrogens (tertiary/aromatic N) is 3. The van der Waals surface area contributed by atoms with Crippen LogP contribution in [-0.4, -0.2) is 29.4 Å². The van der Waals surface area contributed by atoms with Gasteiger partial charge in [-0.15, -0.1) is 21.5 Å². The highest BCUT2D eigenvalue weighted by molar-refractivity contribution is 8.00. The Morgan fingerprint density at radius 2 is 2.09 bits per heavy atom. The van der Waals surface area contributed by atoms with Crippen molar-refractivity contribution in [2.24, 2.45) is 0 Å². The Bertz CT molecular complexity index is 744. The highest BCUT2D eigenvalue weighted by atomic mass is 32.2. The summed E-state index contributed by atoms with van der Waals surface area (Å²) in [5.41, 5.74) is 3.69. The number of hydrogen-bond acceptors (Lipinski definition) is 8. The molecule has 0 N–H and O–H groups in total. The summed E-state index contributed by atoms with van der Waals surface area (Å²) in [6, 6.07) is 5.80. The lowest BCUT2D eigenvalue weighted by atomic mass is 10.2. The second-order valence-electron chi connectivity index (χ2n) is 4.18. The highest BCUT2D eigenvalue weighted by Gasteiger charge is 2.14. The van der Waals surface area contributed by atoms with Gasteiger partial charge in [0, 0.05) is 11.1 Å². The number of rotatable bonds is 6. The van der Waals surface area contributed by atoms with E-state index in [1.165, 1.54) is 11.3 Å². The van der Waals surface area contributed by atoms with Gasteiger partial charge in [0.25, 0.3) is 0 Å². The number of thioether (sulfide) groups is 1. The van der Waals surface area contributed by atoms with E-state index in [1.54, 1.807) is 42.8 Å². The summed E-state index contributed by atoms with van der Waals surface area (Å²) in [5, 5.41) is 10.8. The molecule has 0 aliphatic rings. The Balaban J connectivity index is 1.81. The van der Waals surface area contributed by atoms with E-state index in [0.717, 1.165) is 26.4 Å². The van der Waals surface area contributed by atoms with Crippen LogP contribution in [0.25, 0.3) is 10.6 Å². The van der Waals surface area contributed by atoms with Gasteiger partial charge in [-0.05, 0) is 12.1 Å². The van der Waals surface area contributed by atoms with Gasteiger partial charge in [-0.1, -0.05) is 29.2 Å². The Hall–Kier alpha value is -1.64. The van der Waals surface area contributed by atoms with Gasteiger partial charge < -0.3 is 9.47 Å². The van der Waals surface area contributed by atoms with E-state index in [9.17, 15) is 0 Å². The molecule has 1 aromatic carbocycles. The van der Waals surface area contributed by atoms with Gasteiger partial charge in [0.1, 0.15) is 10.5 Å². The Labute approximate surface area is 140 Å². The van der Waals surface area contributed by atoms with Crippen LogP contribution >= 0.6 is 34.4 Å². The molecule has 3 rings (SSSR count). The van der Waals surface area contributed by atoms with Crippen LogP contribution in [0, 0.1) is 0 Å². The maximum atomic E-state index is 5.47. The van der Waals surface area contributed by atoms with Gasteiger partial charge in [-0.3, -0.25) is 0 Å². The zero-order valence-corrected chi connectivity index (χ0v) is 14.4. The molecule has 0 saturated heterocycles. The molecule has 0 amide bonds. The maximum absolute atomic E-state index is 5.47. The Morgan fingerprint density at radius 1 is 1.18 bits per heavy atom. The van der Waals surface area contributed by atoms with Crippen LogP contribution in [-0.2, 0) is 5.75 Å². The van der Waals surface area contributed by atoms with E-state index in [0.29, 0.717) is 11.5 Å². The molecule has 3 aromatic rings. The van der Waals surface area contributed by atoms with E-state index in [1.807, 2.05) is 18.2 Å². The van der Waals surface area contributed by atoms with E-state index in [4.69, 9.17) is 9.47 Å². The third-order valence-corrected chi connectivity index (χ3v) is 5.69. The minimum Gasteiger partial charge on any atom is -0.493 e. The summed E-state index contributed by atoms with van der Waals surface area (Å²) < 4.78 is 11.8. The van der Waals surface area contributed by atoms with Gasteiger partial charge in [0.2, 0.25) is 0 Å². The van der Waals surface area contributed by atoms with Crippen LogP contribution in [0.4, 0.5) is 0 Å². The smallest absolute Gasteiger partial charge is 0.174 e. The van der Waals surface area contributed by atoms with Crippen molar-refractivity contribution in [3.63, 3.8) is 0 Å². The maximum Gasteiger partial charge on any atom is 0.174 e. The molecule has 0 spiro atoms. The molecule has 0 saturated carbocycles. The molecule has 0 aliphatic carbocycles. The van der Waals surface area contributed by atoms with Crippen molar-refractivity contribution in [3.05, 3.63) is 34.8 Å². The topological polar surface area (TPSA) is 57.1 Å². The summed E-state index contributed by atoms with van der Waals surface area (Å²) in [4.78, 5) is 4.68. The fourth-order valence-corrected chi connectivity index (χ4v) is 4.24. The molecule has 5 nitrogen and oxygen atoms in total. The predicted octanol–water partition coefficient (Wildman–Crippen LogP) is 3.97. The molecule has 2 heterocycles. The summed E-state index contributed by atoms with van der Waals surface area (Å²) in [6.45, 7) is 0. The summed E-state index contributed by atoms with van der Waals surface area (Å²) in [6.07, 6.45) is 0. The monoisotopic (exact) mass is 351 g/mol. The second-order valence-corrected chi connectivity index (χ2v) is 7.09. The number of benzene rings is 1. The quantitative estimate of drug-likeness (QED) is 0.626. The van der Waals surface area contributed by atoms with Crippen molar-refractivity contribution in [3.8, 4) is 22.1 Å². The number of para-hydroxylation sites is 1. The third kappa shape index (κ3) is 3.23. The number of hydrogen-bond donors (Lipinski definition) is 0. The number of thiazole rings is 1. The summed E-state index contributed by atoms with van der Waals surface area (Å²) in [7, 11) is 3.27. The van der Waals surface area contributed by atoms with E-state index < -0.39 is 0 Å². The van der Waals surface area contributed by atoms with Crippen LogP contribution in [0.5, 0.6) is 11.5 Å². The lowest BCUT2D eigenvalue weighted by molar-refractivity contribution is 0.356. The minimum atomic E-state index is 0.708. The first-order valence-corrected chi connectivity index (χ1v) is 9.11. The minimum absolute atomic E-state index is 0.708. The highest BCUT2D eigenvalue weighted by Crippen LogP contribution is 2.39. The van der Waals surface area contributed by atoms with Crippen LogP contribution in [0.1, 0.15) is 5.69 Å². The second kappa shape index (κ2) is 7.08. The Kier molecular flexibility index (Phi) is 4.91. The van der Waals surface area contributed by atoms with E-state index in [-0.39, 0.29) is 0 Å². The average molecular weight is 351 g/mol. The SMILES string of the molecule is COc1cccc(-c2nc(CSc3nncs3)cs2)c1OC. The van der Waals surface area contributed by atoms with E-state index in [2.05, 4.69) is 20.6 Å².